The summed E-state index contributed by atoms with van der Waals surface area (Å²) in [6, 6.07) is 0. The summed E-state index contributed by atoms with van der Waals surface area (Å²) in [6.07, 6.45) is 2.67. The van der Waals surface area contributed by atoms with Crippen LogP contribution in [0.25, 0.3) is 0 Å². The van der Waals surface area contributed by atoms with Gasteiger partial charge in [0, 0.05) is 12.0 Å². The van der Waals surface area contributed by atoms with Gasteiger partial charge in [0.05, 0.1) is 0 Å². The number of nitrogens with zero attached hydrogens (tertiary/aromatic N) is 1. The van der Waals surface area contributed by atoms with E-state index in [2.05, 4.69) is 6.26 Å². The second-order valence-corrected chi connectivity index (χ2v) is 2.59. The number of hydrogen-bond acceptors (Lipinski definition) is 3. The van der Waals surface area contributed by atoms with Crippen molar-refractivity contribution in [2.45, 2.75) is 6.92 Å². The van der Waals surface area contributed by atoms with E-state index in [1.54, 1.807) is 4.47 Å². The Kier molecular flexibility index (Phi) is 1.25. The van der Waals surface area contributed by atoms with Gasteiger partial charge in [0.2, 0.25) is 6.26 Å². The van der Waals surface area contributed by atoms with Gasteiger partial charge in [-0.2, -0.15) is 0 Å². The molecule has 7 heavy (non-hydrogen) atoms. The van der Waals surface area contributed by atoms with E-state index in [-0.39, 0.29) is 0 Å². The van der Waals surface area contributed by atoms with E-state index in [9.17, 15) is 0 Å². The van der Waals surface area contributed by atoms with E-state index in [1.807, 2.05) is 14.0 Å². The van der Waals surface area contributed by atoms with E-state index in [0.29, 0.717) is 0 Å². The summed E-state index contributed by atoms with van der Waals surface area (Å²) in [7, 11) is 1.84. The maximum atomic E-state index is 4.77. The van der Waals surface area contributed by atoms with Crippen LogP contribution in [0.15, 0.2) is 4.91 Å². The Morgan fingerprint density at radius 3 is 2.71 bits per heavy atom. The molecule has 0 bridgehead atoms. The molecule has 1 radical (unpaired) electrons. The molecule has 0 fully saturated rings. The highest BCUT2D eigenvalue weighted by Gasteiger charge is 2.07. The molecule has 0 aromatic heterocycles. The SMILES string of the molecule is CC1=[C]ON(C)S1. The molecule has 0 unspecified atom stereocenters. The number of rotatable bonds is 0. The summed E-state index contributed by atoms with van der Waals surface area (Å²) >= 11 is 1.54. The van der Waals surface area contributed by atoms with Crippen molar-refractivity contribution < 1.29 is 4.84 Å². The first-order valence-electron chi connectivity index (χ1n) is 1.97. The Morgan fingerprint density at radius 2 is 2.57 bits per heavy atom. The molecule has 1 aliphatic rings. The Bertz CT molecular complexity index is 102. The quantitative estimate of drug-likeness (QED) is 0.441. The molecule has 0 aliphatic carbocycles. The highest BCUT2D eigenvalue weighted by Crippen LogP contribution is 2.24. The van der Waals surface area contributed by atoms with Crippen LogP contribution in [0.1, 0.15) is 6.92 Å². The lowest BCUT2D eigenvalue weighted by molar-refractivity contribution is 0.0164. The van der Waals surface area contributed by atoms with E-state index < -0.39 is 0 Å². The zero-order valence-electron chi connectivity index (χ0n) is 4.26. The molecule has 1 rings (SSSR count). The predicted molar refractivity (Wildman–Crippen MR) is 28.9 cm³/mol. The van der Waals surface area contributed by atoms with Crippen molar-refractivity contribution in [2.24, 2.45) is 0 Å². The van der Waals surface area contributed by atoms with E-state index in [0.717, 1.165) is 4.91 Å². The van der Waals surface area contributed by atoms with Crippen LogP contribution in [-0.4, -0.2) is 11.5 Å². The standard InChI is InChI=1S/C4H6NOS/c1-4-3-6-5(2)7-4/h1-2H3. The molecule has 0 atom stereocenters. The van der Waals surface area contributed by atoms with Gasteiger partial charge < -0.3 is 4.84 Å². The van der Waals surface area contributed by atoms with Gasteiger partial charge in [-0.15, -0.1) is 0 Å². The van der Waals surface area contributed by atoms with Crippen LogP contribution in [0.3, 0.4) is 0 Å². The van der Waals surface area contributed by atoms with Gasteiger partial charge in [-0.3, -0.25) is 0 Å². The summed E-state index contributed by atoms with van der Waals surface area (Å²) in [5.74, 6) is 0. The Morgan fingerprint density at radius 1 is 1.86 bits per heavy atom. The first kappa shape index (κ1) is 5.00. The Balaban J connectivity index is 2.42. The van der Waals surface area contributed by atoms with Crippen molar-refractivity contribution in [3.05, 3.63) is 11.2 Å². The molecular formula is C4H6NOS. The molecule has 0 N–H and O–H groups in total. The topological polar surface area (TPSA) is 12.5 Å². The van der Waals surface area contributed by atoms with Crippen LogP contribution in [0, 0.1) is 6.26 Å². The van der Waals surface area contributed by atoms with Gasteiger partial charge >= 0.3 is 0 Å². The second-order valence-electron chi connectivity index (χ2n) is 1.28. The average Bonchev–Trinajstić information content (AvgIpc) is 1.87. The average molecular weight is 116 g/mol. The lowest BCUT2D eigenvalue weighted by Crippen LogP contribution is -1.98. The lowest BCUT2D eigenvalue weighted by Gasteiger charge is -2.00. The first-order valence-corrected chi connectivity index (χ1v) is 2.74. The highest BCUT2D eigenvalue weighted by atomic mass is 32.2. The molecule has 0 saturated heterocycles. The van der Waals surface area contributed by atoms with Crippen LogP contribution >= 0.6 is 11.9 Å². The van der Waals surface area contributed by atoms with Gasteiger partial charge in [0.15, 0.2) is 0 Å². The van der Waals surface area contributed by atoms with Gasteiger partial charge in [-0.1, -0.05) is 4.47 Å². The lowest BCUT2D eigenvalue weighted by atomic mass is 10.7. The fraction of sp³-hybridized carbons (Fsp3) is 0.500. The van der Waals surface area contributed by atoms with Crippen molar-refractivity contribution in [3.8, 4) is 0 Å². The molecule has 0 aromatic carbocycles. The Labute approximate surface area is 47.2 Å². The van der Waals surface area contributed by atoms with Gasteiger partial charge in [-0.05, 0) is 18.9 Å². The Hall–Kier alpha value is -0.150. The van der Waals surface area contributed by atoms with Gasteiger partial charge in [-0.25, -0.2) is 0 Å². The first-order chi connectivity index (χ1) is 3.29. The molecule has 1 aliphatic heterocycles. The van der Waals surface area contributed by atoms with Gasteiger partial charge in [0.25, 0.3) is 0 Å². The zero-order valence-corrected chi connectivity index (χ0v) is 5.08. The molecule has 0 aromatic rings. The molecule has 3 heteroatoms. The van der Waals surface area contributed by atoms with Crippen molar-refractivity contribution in [1.82, 2.24) is 4.47 Å². The third-order valence-corrected chi connectivity index (χ3v) is 1.27. The number of allylic oxidation sites excluding steroid dienone is 1. The summed E-state index contributed by atoms with van der Waals surface area (Å²) in [5, 5.41) is 0. The second kappa shape index (κ2) is 1.76. The molecule has 0 amide bonds. The minimum atomic E-state index is 1.07. The zero-order chi connectivity index (χ0) is 5.28. The maximum absolute atomic E-state index is 4.77. The van der Waals surface area contributed by atoms with E-state index >= 15 is 0 Å². The number of hydroxylamine groups is 1. The smallest absolute Gasteiger partial charge is 0.204 e. The van der Waals surface area contributed by atoms with Crippen LogP contribution in [0.2, 0.25) is 0 Å². The molecule has 2 nitrogen and oxygen atoms in total. The predicted octanol–water partition coefficient (Wildman–Crippen LogP) is 1.18. The molecule has 0 saturated carbocycles. The minimum Gasteiger partial charge on any atom is -0.390 e. The summed E-state index contributed by atoms with van der Waals surface area (Å²) in [6.45, 7) is 1.95. The van der Waals surface area contributed by atoms with Crippen LogP contribution < -0.4 is 0 Å². The van der Waals surface area contributed by atoms with E-state index in [1.165, 1.54) is 11.9 Å². The number of hydrogen-bond donors (Lipinski definition) is 0. The van der Waals surface area contributed by atoms with Gasteiger partial charge in [0.1, 0.15) is 0 Å². The summed E-state index contributed by atoms with van der Waals surface area (Å²) in [5.41, 5.74) is 0. The van der Waals surface area contributed by atoms with Crippen molar-refractivity contribution in [3.63, 3.8) is 0 Å². The molecular weight excluding hydrogens is 110 g/mol. The molecule has 0 spiro atoms. The van der Waals surface area contributed by atoms with E-state index in [4.69, 9.17) is 4.84 Å². The van der Waals surface area contributed by atoms with Crippen LogP contribution in [-0.2, 0) is 4.84 Å². The summed E-state index contributed by atoms with van der Waals surface area (Å²) < 4.78 is 1.65. The fourth-order valence-corrected chi connectivity index (χ4v) is 0.893. The van der Waals surface area contributed by atoms with Crippen LogP contribution in [0.5, 0.6) is 0 Å². The normalized spacial score (nSPS) is 21.7. The molecule has 1 heterocycles. The third kappa shape index (κ3) is 1.11. The highest BCUT2D eigenvalue weighted by molar-refractivity contribution is 8.00. The molecule has 39 valence electrons. The summed E-state index contributed by atoms with van der Waals surface area (Å²) in [4.78, 5) is 5.85. The largest absolute Gasteiger partial charge is 0.390 e. The van der Waals surface area contributed by atoms with Crippen molar-refractivity contribution in [2.75, 3.05) is 7.05 Å². The monoisotopic (exact) mass is 116 g/mol. The van der Waals surface area contributed by atoms with Crippen molar-refractivity contribution in [1.29, 1.82) is 0 Å². The van der Waals surface area contributed by atoms with Crippen LogP contribution in [0.4, 0.5) is 0 Å². The van der Waals surface area contributed by atoms with Crippen molar-refractivity contribution >= 4 is 11.9 Å². The third-order valence-electron chi connectivity index (χ3n) is 0.583. The maximum Gasteiger partial charge on any atom is 0.204 e. The minimum absolute atomic E-state index is 1.07. The fourth-order valence-electron chi connectivity index (χ4n) is 0.359.